The van der Waals surface area contributed by atoms with Crippen molar-refractivity contribution in [2.45, 2.75) is 46.3 Å². The number of benzene rings is 2. The molecular formula is C27H30N2O6. The first kappa shape index (κ1) is 24.3. The highest BCUT2D eigenvalue weighted by Gasteiger charge is 2.28. The lowest BCUT2D eigenvalue weighted by atomic mass is 9.94. The van der Waals surface area contributed by atoms with E-state index in [0.29, 0.717) is 53.9 Å². The second-order valence-corrected chi connectivity index (χ2v) is 9.20. The molecule has 3 aromatic rings. The average Bonchev–Trinajstić information content (AvgIpc) is 2.81. The molecule has 0 bridgehead atoms. The van der Waals surface area contributed by atoms with Crippen LogP contribution in [0.15, 0.2) is 42.6 Å². The molecule has 0 unspecified atom stereocenters. The van der Waals surface area contributed by atoms with Gasteiger partial charge < -0.3 is 24.3 Å². The van der Waals surface area contributed by atoms with Crippen molar-refractivity contribution in [1.29, 1.82) is 0 Å². The lowest BCUT2D eigenvalue weighted by Crippen LogP contribution is -2.34. The summed E-state index contributed by atoms with van der Waals surface area (Å²) in [6.07, 6.45) is 1.09. The smallest absolute Gasteiger partial charge is 0.408 e. The summed E-state index contributed by atoms with van der Waals surface area (Å²) in [6, 6.07) is 10.3. The summed E-state index contributed by atoms with van der Waals surface area (Å²) in [7, 11) is 0. The predicted octanol–water partition coefficient (Wildman–Crippen LogP) is 5.22. The number of fused-ring (bicyclic) bond motifs is 2. The molecule has 1 aliphatic heterocycles. The molecule has 2 aromatic carbocycles. The monoisotopic (exact) mass is 478 g/mol. The first-order chi connectivity index (χ1) is 16.7. The Labute approximate surface area is 204 Å². The maximum atomic E-state index is 13.7. The van der Waals surface area contributed by atoms with Crippen LogP contribution in [0.4, 0.5) is 4.79 Å². The molecule has 4 rings (SSSR count). The SMILES string of the molecule is CCOc1nccc2c(C(=O)c3ccc([C@@H](C)NC(=O)OC(C)(C)C)c4c3OCCO4)cccc12. The lowest BCUT2D eigenvalue weighted by Gasteiger charge is -2.27. The summed E-state index contributed by atoms with van der Waals surface area (Å²) in [5, 5.41) is 4.33. The standard InChI is InChI=1S/C27H30N2O6/c1-6-32-25-20-9-7-8-19(18(20)12-13-28-25)22(30)21-11-10-17(23-24(21)34-15-14-33-23)16(2)29-26(31)35-27(3,4)5/h7-13,16H,6,14-15H2,1-5H3,(H,29,31)/t16-/m1/s1. The normalized spacial score (nSPS) is 13.7. The van der Waals surface area contributed by atoms with Gasteiger partial charge in [0.05, 0.1) is 18.2 Å². The number of aromatic nitrogens is 1. The van der Waals surface area contributed by atoms with Gasteiger partial charge in [0.1, 0.15) is 18.8 Å². The van der Waals surface area contributed by atoms with Crippen molar-refractivity contribution in [1.82, 2.24) is 10.3 Å². The number of nitrogens with zero attached hydrogens (tertiary/aromatic N) is 1. The maximum absolute atomic E-state index is 13.7. The fourth-order valence-corrected chi connectivity index (χ4v) is 4.01. The lowest BCUT2D eigenvalue weighted by molar-refractivity contribution is 0.0506. The van der Waals surface area contributed by atoms with E-state index in [1.54, 1.807) is 51.2 Å². The minimum absolute atomic E-state index is 0.203. The van der Waals surface area contributed by atoms with E-state index in [2.05, 4.69) is 10.3 Å². The average molecular weight is 479 g/mol. The number of ketones is 1. The third-order valence-corrected chi connectivity index (χ3v) is 5.46. The van der Waals surface area contributed by atoms with Crippen molar-refractivity contribution in [3.8, 4) is 17.4 Å². The Balaban J connectivity index is 1.71. The molecule has 0 saturated heterocycles. The van der Waals surface area contributed by atoms with Crippen LogP contribution in [-0.2, 0) is 4.74 Å². The number of carbonyl (C=O) groups excluding carboxylic acids is 2. The summed E-state index contributed by atoms with van der Waals surface area (Å²) in [6.45, 7) is 10.3. The molecule has 1 aromatic heterocycles. The van der Waals surface area contributed by atoms with Gasteiger partial charge in [0.2, 0.25) is 5.88 Å². The number of nitrogens with one attached hydrogen (secondary N) is 1. The van der Waals surface area contributed by atoms with Gasteiger partial charge in [0.15, 0.2) is 17.3 Å². The summed E-state index contributed by atoms with van der Waals surface area (Å²) in [5.74, 6) is 1.10. The molecule has 184 valence electrons. The largest absolute Gasteiger partial charge is 0.486 e. The van der Waals surface area contributed by atoms with Crippen LogP contribution in [0.25, 0.3) is 10.8 Å². The van der Waals surface area contributed by atoms with Gasteiger partial charge in [-0.3, -0.25) is 4.79 Å². The second kappa shape index (κ2) is 9.82. The molecule has 8 heteroatoms. The number of rotatable bonds is 6. The zero-order valence-electron chi connectivity index (χ0n) is 20.6. The minimum Gasteiger partial charge on any atom is -0.486 e. The first-order valence-corrected chi connectivity index (χ1v) is 11.7. The highest BCUT2D eigenvalue weighted by Crippen LogP contribution is 2.41. The van der Waals surface area contributed by atoms with Crippen molar-refractivity contribution in [2.24, 2.45) is 0 Å². The maximum Gasteiger partial charge on any atom is 0.408 e. The number of amides is 1. The third kappa shape index (κ3) is 5.16. The van der Waals surface area contributed by atoms with Gasteiger partial charge in [0, 0.05) is 22.7 Å². The van der Waals surface area contributed by atoms with E-state index >= 15 is 0 Å². The van der Waals surface area contributed by atoms with E-state index < -0.39 is 17.7 Å². The molecule has 0 fully saturated rings. The van der Waals surface area contributed by atoms with Crippen LogP contribution in [0.5, 0.6) is 17.4 Å². The predicted molar refractivity (Wildman–Crippen MR) is 132 cm³/mol. The summed E-state index contributed by atoms with van der Waals surface area (Å²) in [4.78, 5) is 30.3. The van der Waals surface area contributed by atoms with Crippen LogP contribution in [-0.4, -0.2) is 42.3 Å². The molecule has 8 nitrogen and oxygen atoms in total. The zero-order chi connectivity index (χ0) is 25.2. The Morgan fingerprint density at radius 3 is 2.49 bits per heavy atom. The van der Waals surface area contributed by atoms with Gasteiger partial charge in [-0.25, -0.2) is 9.78 Å². The van der Waals surface area contributed by atoms with Crippen LogP contribution in [0, 0.1) is 0 Å². The van der Waals surface area contributed by atoms with E-state index in [0.717, 1.165) is 10.8 Å². The van der Waals surface area contributed by atoms with E-state index in [9.17, 15) is 9.59 Å². The third-order valence-electron chi connectivity index (χ3n) is 5.46. The van der Waals surface area contributed by atoms with Crippen LogP contribution in [0.1, 0.15) is 62.1 Å². The Morgan fingerprint density at radius 1 is 1.03 bits per heavy atom. The summed E-state index contributed by atoms with van der Waals surface area (Å²) < 4.78 is 22.9. The Kier molecular flexibility index (Phi) is 6.82. The highest BCUT2D eigenvalue weighted by atomic mass is 16.6. The molecule has 0 saturated carbocycles. The number of ether oxygens (including phenoxy) is 4. The number of alkyl carbamates (subject to hydrolysis) is 1. The molecule has 1 atom stereocenters. The number of pyridine rings is 1. The Hall–Kier alpha value is -3.81. The van der Waals surface area contributed by atoms with Crippen LogP contribution in [0.2, 0.25) is 0 Å². The molecule has 0 spiro atoms. The second-order valence-electron chi connectivity index (χ2n) is 9.20. The number of carbonyl (C=O) groups is 2. The summed E-state index contributed by atoms with van der Waals surface area (Å²) in [5.41, 5.74) is 0.975. The van der Waals surface area contributed by atoms with Gasteiger partial charge in [-0.1, -0.05) is 18.2 Å². The van der Waals surface area contributed by atoms with Crippen molar-refractivity contribution in [2.75, 3.05) is 19.8 Å². The molecule has 2 heterocycles. The van der Waals surface area contributed by atoms with Gasteiger partial charge in [-0.05, 0) is 58.2 Å². The number of hydrogen-bond acceptors (Lipinski definition) is 7. The van der Waals surface area contributed by atoms with Crippen LogP contribution in [0.3, 0.4) is 0 Å². The summed E-state index contributed by atoms with van der Waals surface area (Å²) >= 11 is 0. The fraction of sp³-hybridized carbons (Fsp3) is 0.370. The van der Waals surface area contributed by atoms with Crippen LogP contribution < -0.4 is 19.5 Å². The van der Waals surface area contributed by atoms with Gasteiger partial charge in [-0.2, -0.15) is 0 Å². The molecule has 0 radical (unpaired) electrons. The topological polar surface area (TPSA) is 96.0 Å². The van der Waals surface area contributed by atoms with E-state index in [1.807, 2.05) is 26.0 Å². The fourth-order valence-electron chi connectivity index (χ4n) is 4.01. The van der Waals surface area contributed by atoms with Crippen LogP contribution >= 0.6 is 0 Å². The molecule has 1 amide bonds. The van der Waals surface area contributed by atoms with Gasteiger partial charge >= 0.3 is 6.09 Å². The Morgan fingerprint density at radius 2 is 1.77 bits per heavy atom. The first-order valence-electron chi connectivity index (χ1n) is 11.7. The molecular weight excluding hydrogens is 448 g/mol. The van der Waals surface area contributed by atoms with E-state index in [-0.39, 0.29) is 5.78 Å². The van der Waals surface area contributed by atoms with Crippen molar-refractivity contribution < 1.29 is 28.5 Å². The van der Waals surface area contributed by atoms with Crippen molar-refractivity contribution in [3.63, 3.8) is 0 Å². The molecule has 1 N–H and O–H groups in total. The van der Waals surface area contributed by atoms with E-state index in [4.69, 9.17) is 18.9 Å². The quantitative estimate of drug-likeness (QED) is 0.485. The van der Waals surface area contributed by atoms with Gasteiger partial charge in [0.25, 0.3) is 0 Å². The van der Waals surface area contributed by atoms with E-state index in [1.165, 1.54) is 0 Å². The molecule has 35 heavy (non-hydrogen) atoms. The van der Waals surface area contributed by atoms with Gasteiger partial charge in [-0.15, -0.1) is 0 Å². The molecule has 0 aliphatic carbocycles. The highest BCUT2D eigenvalue weighted by molar-refractivity contribution is 6.18. The van der Waals surface area contributed by atoms with Crippen molar-refractivity contribution >= 4 is 22.6 Å². The van der Waals surface area contributed by atoms with Crippen molar-refractivity contribution in [3.05, 3.63) is 59.3 Å². The zero-order valence-corrected chi connectivity index (χ0v) is 20.6. The molecule has 1 aliphatic rings. The minimum atomic E-state index is -0.616. The Bertz CT molecular complexity index is 1260. The number of hydrogen-bond donors (Lipinski definition) is 1.